The van der Waals surface area contributed by atoms with E-state index in [1.807, 2.05) is 0 Å². The molecule has 0 unspecified atom stereocenters. The van der Waals surface area contributed by atoms with Crippen molar-refractivity contribution in [1.29, 1.82) is 0 Å². The highest BCUT2D eigenvalue weighted by atomic mass is 35.5. The number of aliphatic hydroxyl groups is 1. The first kappa shape index (κ1) is 23.7. The van der Waals surface area contributed by atoms with Crippen LogP contribution in [0.1, 0.15) is 19.4 Å². The lowest BCUT2D eigenvalue weighted by Gasteiger charge is -2.19. The molecule has 0 aliphatic carbocycles. The molecule has 1 heterocycles. The molecule has 0 saturated carbocycles. The fourth-order valence-corrected chi connectivity index (χ4v) is 3.11. The normalized spacial score (nSPS) is 12.9. The predicted octanol–water partition coefficient (Wildman–Crippen LogP) is 4.34. The summed E-state index contributed by atoms with van der Waals surface area (Å²) in [4.78, 5) is 17.2. The van der Waals surface area contributed by atoms with Gasteiger partial charge < -0.3 is 16.2 Å². The molecule has 0 spiro atoms. The molecule has 8 heteroatoms. The Hall–Kier alpha value is -2.61. The summed E-state index contributed by atoms with van der Waals surface area (Å²) in [7, 11) is 0. The van der Waals surface area contributed by atoms with E-state index in [0.717, 1.165) is 17.3 Å². The van der Waals surface area contributed by atoms with Crippen LogP contribution < -0.4 is 11.1 Å². The number of hydrogen-bond donors (Lipinski definition) is 3. The Balaban J connectivity index is 2.39. The van der Waals surface area contributed by atoms with Gasteiger partial charge in [-0.05, 0) is 61.5 Å². The average Bonchev–Trinajstić information content (AvgIpc) is 2.69. The van der Waals surface area contributed by atoms with E-state index in [-0.39, 0.29) is 23.1 Å². The van der Waals surface area contributed by atoms with Gasteiger partial charge in [0, 0.05) is 30.1 Å². The van der Waals surface area contributed by atoms with Crippen LogP contribution in [0.3, 0.4) is 0 Å². The van der Waals surface area contributed by atoms with Gasteiger partial charge in [0.15, 0.2) is 0 Å². The highest BCUT2D eigenvalue weighted by Crippen LogP contribution is 2.25. The van der Waals surface area contributed by atoms with Crippen molar-refractivity contribution in [2.75, 3.05) is 0 Å². The molecule has 0 bridgehead atoms. The summed E-state index contributed by atoms with van der Waals surface area (Å²) >= 11 is 6.79. The number of aromatic nitrogens is 1. The molecule has 0 saturated heterocycles. The second-order valence-corrected chi connectivity index (χ2v) is 8.34. The number of allylic oxidation sites excluding steroid dienone is 1. The van der Waals surface area contributed by atoms with Gasteiger partial charge in [-0.2, -0.15) is 0 Å². The predicted molar refractivity (Wildman–Crippen MR) is 119 cm³/mol. The number of rotatable bonds is 8. The average molecular weight is 448 g/mol. The van der Waals surface area contributed by atoms with E-state index in [1.54, 1.807) is 38.1 Å². The zero-order chi connectivity index (χ0) is 22.3. The van der Waals surface area contributed by atoms with Gasteiger partial charge >= 0.3 is 0 Å². The first-order chi connectivity index (χ1) is 14.1. The third kappa shape index (κ3) is 7.02. The fourth-order valence-electron chi connectivity index (χ4n) is 2.26. The molecule has 0 radical (unpaired) electrons. The Morgan fingerprint density at radius 3 is 2.53 bits per heavy atom. The van der Waals surface area contributed by atoms with Crippen molar-refractivity contribution in [2.45, 2.75) is 30.9 Å². The van der Waals surface area contributed by atoms with Gasteiger partial charge in [0.2, 0.25) is 5.12 Å². The van der Waals surface area contributed by atoms with Crippen molar-refractivity contribution in [3.8, 4) is 0 Å². The first-order valence-corrected chi connectivity index (χ1v) is 10.2. The van der Waals surface area contributed by atoms with Crippen molar-refractivity contribution in [3.63, 3.8) is 0 Å². The van der Waals surface area contributed by atoms with E-state index in [1.165, 1.54) is 30.6 Å². The number of thioether (sulfide) groups is 1. The molecule has 0 amide bonds. The van der Waals surface area contributed by atoms with Crippen molar-refractivity contribution in [1.82, 2.24) is 10.3 Å². The van der Waals surface area contributed by atoms with Crippen LogP contribution in [0.15, 0.2) is 83.4 Å². The summed E-state index contributed by atoms with van der Waals surface area (Å²) in [6.07, 6.45) is 4.59. The van der Waals surface area contributed by atoms with E-state index in [2.05, 4.69) is 16.9 Å². The Morgan fingerprint density at radius 1 is 1.33 bits per heavy atom. The monoisotopic (exact) mass is 447 g/mol. The van der Waals surface area contributed by atoms with Crippen LogP contribution in [0.5, 0.6) is 0 Å². The molecule has 4 N–H and O–H groups in total. The maximum atomic E-state index is 13.3. The Labute approximate surface area is 184 Å². The molecule has 1 aromatic carbocycles. The van der Waals surface area contributed by atoms with Gasteiger partial charge in [-0.25, -0.2) is 9.37 Å². The Morgan fingerprint density at radius 2 is 2.00 bits per heavy atom. The number of halogens is 2. The minimum Gasteiger partial charge on any atom is -0.399 e. The maximum Gasteiger partial charge on any atom is 0.223 e. The van der Waals surface area contributed by atoms with Crippen LogP contribution in [0.2, 0.25) is 5.02 Å². The summed E-state index contributed by atoms with van der Waals surface area (Å²) in [5.41, 5.74) is 6.37. The van der Waals surface area contributed by atoms with E-state index < -0.39 is 5.60 Å². The standard InChI is InChI=1S/C22H23ClFN3O2S/c1-4-18(26-13-19(25)22(2,3)29)17(11-14-5-8-16(24)9-6-14)21(28)30-20-10-7-15(23)12-27-20/h4-10,12-13,26,29H,1,11,25H2,2-3H3/b18-17?,19-13-. The highest BCUT2D eigenvalue weighted by molar-refractivity contribution is 8.14. The van der Waals surface area contributed by atoms with Crippen LogP contribution in [-0.2, 0) is 11.2 Å². The molecule has 1 aromatic heterocycles. The first-order valence-electron chi connectivity index (χ1n) is 8.99. The largest absolute Gasteiger partial charge is 0.399 e. The van der Waals surface area contributed by atoms with Gasteiger partial charge in [-0.1, -0.05) is 30.3 Å². The lowest BCUT2D eigenvalue weighted by molar-refractivity contribution is -0.108. The summed E-state index contributed by atoms with van der Waals surface area (Å²) in [5, 5.41) is 13.6. The van der Waals surface area contributed by atoms with Crippen LogP contribution in [0, 0.1) is 5.82 Å². The van der Waals surface area contributed by atoms with Gasteiger partial charge in [0.1, 0.15) is 10.8 Å². The van der Waals surface area contributed by atoms with Gasteiger partial charge in [0.05, 0.1) is 16.3 Å². The Bertz CT molecular complexity index is 965. The van der Waals surface area contributed by atoms with Crippen LogP contribution >= 0.6 is 23.4 Å². The zero-order valence-electron chi connectivity index (χ0n) is 16.7. The van der Waals surface area contributed by atoms with E-state index >= 15 is 0 Å². The number of pyridine rings is 1. The second kappa shape index (κ2) is 10.4. The number of hydrogen-bond acceptors (Lipinski definition) is 6. The molecule has 0 aliphatic heterocycles. The molecule has 5 nitrogen and oxygen atoms in total. The van der Waals surface area contributed by atoms with Gasteiger partial charge in [0.25, 0.3) is 0 Å². The molecule has 0 aliphatic rings. The number of nitrogens with zero attached hydrogens (tertiary/aromatic N) is 1. The summed E-state index contributed by atoms with van der Waals surface area (Å²) in [6, 6.07) is 9.17. The SMILES string of the molecule is C=CC(N/C=C(\N)C(C)(C)O)=C(Cc1ccc(F)cc1)C(=O)Sc1ccc(Cl)cn1. The minimum atomic E-state index is -1.23. The van der Waals surface area contributed by atoms with Crippen LogP contribution in [0.25, 0.3) is 0 Å². The van der Waals surface area contributed by atoms with Crippen molar-refractivity contribution in [3.05, 3.63) is 94.8 Å². The van der Waals surface area contributed by atoms with Crippen LogP contribution in [-0.4, -0.2) is 20.8 Å². The number of nitrogens with two attached hydrogens (primary N) is 1. The topological polar surface area (TPSA) is 88.2 Å². The van der Waals surface area contributed by atoms with Crippen LogP contribution in [0.4, 0.5) is 4.39 Å². The number of carbonyl (C=O) groups excluding carboxylic acids is 1. The molecule has 0 atom stereocenters. The van der Waals surface area contributed by atoms with E-state index in [4.69, 9.17) is 17.3 Å². The molecule has 2 aromatic rings. The molecular formula is C22H23ClFN3O2S. The van der Waals surface area contributed by atoms with Gasteiger partial charge in [-0.3, -0.25) is 4.79 Å². The van der Waals surface area contributed by atoms with E-state index in [9.17, 15) is 14.3 Å². The molecule has 0 fully saturated rings. The number of benzene rings is 1. The molecule has 158 valence electrons. The van der Waals surface area contributed by atoms with Gasteiger partial charge in [-0.15, -0.1) is 0 Å². The fraction of sp³-hybridized carbons (Fsp3) is 0.182. The maximum absolute atomic E-state index is 13.3. The molecule has 2 rings (SSSR count). The second-order valence-electron chi connectivity index (χ2n) is 6.91. The third-order valence-electron chi connectivity index (χ3n) is 4.06. The lowest BCUT2D eigenvalue weighted by Crippen LogP contribution is -2.29. The molecular weight excluding hydrogens is 425 g/mol. The summed E-state index contributed by atoms with van der Waals surface area (Å²) in [5.74, 6) is -0.363. The smallest absolute Gasteiger partial charge is 0.223 e. The van der Waals surface area contributed by atoms with Crippen molar-refractivity contribution >= 4 is 28.5 Å². The van der Waals surface area contributed by atoms with Crippen molar-refractivity contribution < 1.29 is 14.3 Å². The zero-order valence-corrected chi connectivity index (χ0v) is 18.2. The lowest BCUT2D eigenvalue weighted by atomic mass is 10.0. The highest BCUT2D eigenvalue weighted by Gasteiger charge is 2.19. The van der Waals surface area contributed by atoms with E-state index in [0.29, 0.717) is 21.3 Å². The third-order valence-corrected chi connectivity index (χ3v) is 5.16. The summed E-state index contributed by atoms with van der Waals surface area (Å²) < 4.78 is 13.3. The quantitative estimate of drug-likeness (QED) is 0.317. The Kier molecular flexibility index (Phi) is 8.23. The number of nitrogens with one attached hydrogen (secondary N) is 1. The minimum absolute atomic E-state index is 0.183. The summed E-state index contributed by atoms with van der Waals surface area (Å²) in [6.45, 7) is 6.86. The molecule has 30 heavy (non-hydrogen) atoms. The van der Waals surface area contributed by atoms with Crippen molar-refractivity contribution in [2.24, 2.45) is 5.73 Å². The number of carbonyl (C=O) groups is 1.